The van der Waals surface area contributed by atoms with Crippen LogP contribution in [0.15, 0.2) is 58.8 Å². The Bertz CT molecular complexity index is 751. The summed E-state index contributed by atoms with van der Waals surface area (Å²) < 4.78 is 0. The molecule has 0 spiro atoms. The largest absolute Gasteiger partial charge is 0.149 e. The average molecular weight is 643 g/mol. The molecule has 0 bridgehead atoms. The molecular weight excluding hydrogens is 593 g/mol. The Morgan fingerprint density at radius 3 is 1.06 bits per heavy atom. The van der Waals surface area contributed by atoms with Crippen LogP contribution >= 0.6 is 38.5 Å². The van der Waals surface area contributed by atoms with Crippen LogP contribution in [-0.2, 0) is 33.3 Å². The standard InChI is InChI=1S/2C15H25PS.Pd/c2*1-14(2,3)16(15(4,5)6)11-7-9-13-10-8-12-17-13;/h2*7-8,10-12H,9H2,1-6H3;. The normalized spacial score (nSPS) is 13.4. The van der Waals surface area contributed by atoms with Gasteiger partial charge in [0, 0.05) is 43.0 Å². The van der Waals surface area contributed by atoms with Crippen LogP contribution in [0.2, 0.25) is 0 Å². The Labute approximate surface area is 242 Å². The molecule has 0 aromatic carbocycles. The fourth-order valence-electron chi connectivity index (χ4n) is 4.31. The Kier molecular flexibility index (Phi) is 15.3. The van der Waals surface area contributed by atoms with Gasteiger partial charge in [-0.2, -0.15) is 0 Å². The van der Waals surface area contributed by atoms with Crippen LogP contribution in [0.5, 0.6) is 0 Å². The van der Waals surface area contributed by atoms with E-state index >= 15 is 0 Å². The first kappa shape index (κ1) is 35.4. The minimum absolute atomic E-state index is 0. The maximum absolute atomic E-state index is 2.48. The minimum atomic E-state index is -0.100. The van der Waals surface area contributed by atoms with Crippen LogP contribution in [0.4, 0.5) is 0 Å². The smallest absolute Gasteiger partial charge is 0.00830 e. The van der Waals surface area contributed by atoms with Crippen molar-refractivity contribution in [2.45, 2.75) is 117 Å². The number of hydrogen-bond donors (Lipinski definition) is 0. The maximum Gasteiger partial charge on any atom is 0.00830 e. The van der Waals surface area contributed by atoms with E-state index in [4.69, 9.17) is 0 Å². The second-order valence-electron chi connectivity index (χ2n) is 12.8. The van der Waals surface area contributed by atoms with Gasteiger partial charge in [0.05, 0.1) is 0 Å². The van der Waals surface area contributed by atoms with E-state index in [1.54, 1.807) is 0 Å². The predicted molar refractivity (Wildman–Crippen MR) is 167 cm³/mol. The zero-order chi connectivity index (χ0) is 26.2. The predicted octanol–water partition coefficient (Wildman–Crippen LogP) is 11.8. The van der Waals surface area contributed by atoms with Crippen molar-refractivity contribution in [2.75, 3.05) is 0 Å². The molecule has 0 nitrogen and oxygen atoms in total. The van der Waals surface area contributed by atoms with Crippen LogP contribution in [0, 0.1) is 0 Å². The van der Waals surface area contributed by atoms with Crippen LogP contribution < -0.4 is 0 Å². The van der Waals surface area contributed by atoms with E-state index < -0.39 is 0 Å². The molecule has 0 unspecified atom stereocenters. The molecular formula is C30H50P2PdS2. The zero-order valence-corrected chi connectivity index (χ0v) is 29.2. The fourth-order valence-corrected chi connectivity index (χ4v) is 12.1. The third-order valence-corrected chi connectivity index (χ3v) is 13.8. The molecule has 0 N–H and O–H groups in total. The monoisotopic (exact) mass is 642 g/mol. The first-order valence-electron chi connectivity index (χ1n) is 12.4. The van der Waals surface area contributed by atoms with Crippen molar-refractivity contribution in [1.82, 2.24) is 0 Å². The summed E-state index contributed by atoms with van der Waals surface area (Å²) >= 11 is 3.69. The zero-order valence-electron chi connectivity index (χ0n) is 24.2. The molecule has 0 radical (unpaired) electrons. The first-order valence-corrected chi connectivity index (χ1v) is 17.0. The molecule has 0 amide bonds. The van der Waals surface area contributed by atoms with Crippen LogP contribution in [0.25, 0.3) is 0 Å². The fraction of sp³-hybridized carbons (Fsp3) is 0.600. The van der Waals surface area contributed by atoms with Gasteiger partial charge in [0.15, 0.2) is 0 Å². The van der Waals surface area contributed by atoms with Gasteiger partial charge in [-0.3, -0.25) is 0 Å². The van der Waals surface area contributed by atoms with Crippen molar-refractivity contribution in [2.24, 2.45) is 0 Å². The maximum atomic E-state index is 2.48. The molecule has 0 aliphatic carbocycles. The van der Waals surface area contributed by atoms with Crippen molar-refractivity contribution < 1.29 is 20.4 Å². The molecule has 2 rings (SSSR count). The van der Waals surface area contributed by atoms with Crippen molar-refractivity contribution in [3.63, 3.8) is 0 Å². The summed E-state index contributed by atoms with van der Waals surface area (Å²) in [5.74, 6) is 4.96. The summed E-state index contributed by atoms with van der Waals surface area (Å²) in [6.45, 7) is 28.3. The Morgan fingerprint density at radius 1 is 0.571 bits per heavy atom. The summed E-state index contributed by atoms with van der Waals surface area (Å²) in [4.78, 5) is 2.91. The molecule has 2 aromatic rings. The van der Waals surface area contributed by atoms with Crippen LogP contribution in [0.1, 0.15) is 92.8 Å². The molecule has 0 fully saturated rings. The van der Waals surface area contributed by atoms with Crippen LogP contribution in [0.3, 0.4) is 0 Å². The van der Waals surface area contributed by atoms with Crippen molar-refractivity contribution in [1.29, 1.82) is 0 Å². The van der Waals surface area contributed by atoms with Gasteiger partial charge < -0.3 is 0 Å². The van der Waals surface area contributed by atoms with Gasteiger partial charge in [0.1, 0.15) is 0 Å². The summed E-state index contributed by atoms with van der Waals surface area (Å²) in [6.07, 6.45) is 6.91. The van der Waals surface area contributed by atoms with Gasteiger partial charge in [0.25, 0.3) is 0 Å². The quantitative estimate of drug-likeness (QED) is 0.217. The molecule has 202 valence electrons. The number of rotatable bonds is 6. The minimum Gasteiger partial charge on any atom is -0.149 e. The van der Waals surface area contributed by atoms with Crippen molar-refractivity contribution in [3.8, 4) is 0 Å². The topological polar surface area (TPSA) is 0 Å². The van der Waals surface area contributed by atoms with E-state index in [2.05, 4.69) is 142 Å². The van der Waals surface area contributed by atoms with Gasteiger partial charge in [-0.15, -0.1) is 22.7 Å². The molecule has 2 aromatic heterocycles. The average Bonchev–Trinajstić information content (AvgIpc) is 3.32. The van der Waals surface area contributed by atoms with Gasteiger partial charge in [-0.25, -0.2) is 0 Å². The Balaban J connectivity index is 0.000000642. The molecule has 2 heterocycles. The van der Waals surface area contributed by atoms with E-state index in [1.165, 1.54) is 9.75 Å². The number of allylic oxidation sites excluding steroid dienone is 2. The summed E-state index contributed by atoms with van der Waals surface area (Å²) in [5, 5.41) is 5.86. The molecule has 35 heavy (non-hydrogen) atoms. The van der Waals surface area contributed by atoms with Crippen molar-refractivity contribution >= 4 is 38.5 Å². The molecule has 0 aliphatic heterocycles. The molecule has 0 saturated heterocycles. The van der Waals surface area contributed by atoms with E-state index in [1.807, 2.05) is 22.7 Å². The van der Waals surface area contributed by atoms with Gasteiger partial charge in [-0.1, -0.05) is 135 Å². The van der Waals surface area contributed by atoms with Gasteiger partial charge >= 0.3 is 0 Å². The Morgan fingerprint density at radius 2 is 0.857 bits per heavy atom. The van der Waals surface area contributed by atoms with E-state index in [-0.39, 0.29) is 36.3 Å². The SMILES string of the molecule is CC(C)(C)P(C=CCc1cccs1)C(C)(C)C.CC(C)(C)P(C=CCc1cccs1)C(C)(C)C.[Pd]. The van der Waals surface area contributed by atoms with Gasteiger partial charge in [-0.05, 0) is 43.5 Å². The first-order chi connectivity index (χ1) is 15.4. The summed E-state index contributed by atoms with van der Waals surface area (Å²) in [5.41, 5.74) is 0. The second-order valence-corrected chi connectivity index (χ2v) is 22.3. The summed E-state index contributed by atoms with van der Waals surface area (Å²) in [7, 11) is -0.201. The van der Waals surface area contributed by atoms with E-state index in [9.17, 15) is 0 Å². The molecule has 5 heteroatoms. The van der Waals surface area contributed by atoms with Gasteiger partial charge in [0.2, 0.25) is 0 Å². The second kappa shape index (κ2) is 15.1. The molecule has 0 atom stereocenters. The Hall–Kier alpha value is 0.402. The van der Waals surface area contributed by atoms with Crippen LogP contribution in [-0.4, -0.2) is 20.6 Å². The summed E-state index contributed by atoms with van der Waals surface area (Å²) in [6, 6.07) is 8.69. The van der Waals surface area contributed by atoms with E-state index in [0.717, 1.165) is 12.8 Å². The third kappa shape index (κ3) is 14.2. The number of hydrogen-bond acceptors (Lipinski definition) is 2. The van der Waals surface area contributed by atoms with Crippen molar-refractivity contribution in [3.05, 3.63) is 68.6 Å². The molecule has 0 saturated carbocycles. The number of thiophene rings is 2. The molecule has 0 aliphatic rings. The third-order valence-electron chi connectivity index (χ3n) is 5.20. The van der Waals surface area contributed by atoms with E-state index in [0.29, 0.717) is 20.6 Å².